The van der Waals surface area contributed by atoms with E-state index in [1.807, 2.05) is 0 Å². The normalized spacial score (nSPS) is 10.4. The Morgan fingerprint density at radius 1 is 1.05 bits per heavy atom. The molecule has 116 valence electrons. The van der Waals surface area contributed by atoms with E-state index in [9.17, 15) is 18.4 Å². The van der Waals surface area contributed by atoms with Crippen LogP contribution in [-0.2, 0) is 16.0 Å². The quantitative estimate of drug-likeness (QED) is 0.689. The Balaban J connectivity index is 2.19. The van der Waals surface area contributed by atoms with Gasteiger partial charge in [0.25, 0.3) is 0 Å². The Morgan fingerprint density at radius 2 is 1.67 bits per heavy atom. The predicted octanol–water partition coefficient (Wildman–Crippen LogP) is 2.66. The number of halogens is 2. The number of nitrogens with one attached hydrogen (secondary N) is 1. The van der Waals surface area contributed by atoms with Crippen molar-refractivity contribution in [3.05, 3.63) is 35.4 Å². The third-order valence-electron chi connectivity index (χ3n) is 3.04. The second-order valence-electron chi connectivity index (χ2n) is 4.78. The van der Waals surface area contributed by atoms with Gasteiger partial charge in [-0.25, -0.2) is 8.78 Å². The number of rotatable bonds is 9. The van der Waals surface area contributed by atoms with Crippen molar-refractivity contribution in [3.8, 4) is 0 Å². The zero-order valence-corrected chi connectivity index (χ0v) is 11.7. The average molecular weight is 299 g/mol. The summed E-state index contributed by atoms with van der Waals surface area (Å²) < 4.78 is 26.7. The number of carboxylic acids is 1. The predicted molar refractivity (Wildman–Crippen MR) is 73.8 cm³/mol. The molecule has 0 aliphatic heterocycles. The highest BCUT2D eigenvalue weighted by Gasteiger charge is 2.12. The lowest BCUT2D eigenvalue weighted by Gasteiger charge is -2.07. The maximum absolute atomic E-state index is 13.3. The van der Waals surface area contributed by atoms with E-state index in [0.29, 0.717) is 19.4 Å². The fourth-order valence-corrected chi connectivity index (χ4v) is 1.91. The van der Waals surface area contributed by atoms with Crippen LogP contribution in [0.5, 0.6) is 0 Å². The fraction of sp³-hybridized carbons (Fsp3) is 0.467. The monoisotopic (exact) mass is 299 g/mol. The lowest BCUT2D eigenvalue weighted by atomic mass is 10.1. The summed E-state index contributed by atoms with van der Waals surface area (Å²) in [5, 5.41) is 11.1. The molecule has 0 bridgehead atoms. The summed E-state index contributed by atoms with van der Waals surface area (Å²) >= 11 is 0. The summed E-state index contributed by atoms with van der Waals surface area (Å²) in [5.74, 6) is -2.68. The van der Waals surface area contributed by atoms with Crippen LogP contribution in [0.4, 0.5) is 8.78 Å². The second kappa shape index (κ2) is 9.05. The molecule has 0 spiro atoms. The first kappa shape index (κ1) is 17.1. The van der Waals surface area contributed by atoms with Crippen molar-refractivity contribution in [3.63, 3.8) is 0 Å². The van der Waals surface area contributed by atoms with Crippen LogP contribution in [0.25, 0.3) is 0 Å². The molecule has 1 aromatic carbocycles. The van der Waals surface area contributed by atoms with E-state index in [1.165, 1.54) is 6.07 Å². The molecule has 6 heteroatoms. The molecule has 0 saturated carbocycles. The Bertz CT molecular complexity index is 472. The fourth-order valence-electron chi connectivity index (χ4n) is 1.91. The molecule has 0 saturated heterocycles. The molecule has 0 aliphatic rings. The third kappa shape index (κ3) is 6.83. The number of hydrogen-bond donors (Lipinski definition) is 2. The molecule has 0 fully saturated rings. The van der Waals surface area contributed by atoms with Gasteiger partial charge < -0.3 is 10.4 Å². The summed E-state index contributed by atoms with van der Waals surface area (Å²) in [5.41, 5.74) is -0.226. The maximum Gasteiger partial charge on any atom is 0.303 e. The minimum Gasteiger partial charge on any atom is -0.481 e. The number of amides is 1. The Labute approximate surface area is 122 Å². The number of carboxylic acid groups (broad SMARTS) is 1. The molecule has 0 atom stereocenters. The van der Waals surface area contributed by atoms with Crippen molar-refractivity contribution < 1.29 is 23.5 Å². The SMILES string of the molecule is O=C(O)CCCCCCNC(=O)Cc1c(F)cccc1F. The minimum atomic E-state index is -0.810. The molecule has 0 aromatic heterocycles. The summed E-state index contributed by atoms with van der Waals surface area (Å²) in [6.07, 6.45) is 2.75. The lowest BCUT2D eigenvalue weighted by Crippen LogP contribution is -2.26. The van der Waals surface area contributed by atoms with Crippen LogP contribution in [-0.4, -0.2) is 23.5 Å². The first-order valence-electron chi connectivity index (χ1n) is 6.92. The van der Waals surface area contributed by atoms with Gasteiger partial charge in [0, 0.05) is 18.5 Å². The van der Waals surface area contributed by atoms with Crippen LogP contribution in [0, 0.1) is 11.6 Å². The van der Waals surface area contributed by atoms with Crippen molar-refractivity contribution in [1.29, 1.82) is 0 Å². The van der Waals surface area contributed by atoms with Gasteiger partial charge in [0.1, 0.15) is 11.6 Å². The molecule has 0 unspecified atom stereocenters. The molecule has 1 amide bonds. The molecule has 2 N–H and O–H groups in total. The van der Waals surface area contributed by atoms with Crippen LogP contribution in [0.2, 0.25) is 0 Å². The van der Waals surface area contributed by atoms with E-state index in [0.717, 1.165) is 25.0 Å². The Hall–Kier alpha value is -1.98. The minimum absolute atomic E-state index is 0.152. The van der Waals surface area contributed by atoms with Gasteiger partial charge in [-0.2, -0.15) is 0 Å². The van der Waals surface area contributed by atoms with E-state index >= 15 is 0 Å². The van der Waals surface area contributed by atoms with Gasteiger partial charge in [0.2, 0.25) is 5.91 Å². The lowest BCUT2D eigenvalue weighted by molar-refractivity contribution is -0.137. The highest BCUT2D eigenvalue weighted by Crippen LogP contribution is 2.12. The topological polar surface area (TPSA) is 66.4 Å². The van der Waals surface area contributed by atoms with E-state index in [4.69, 9.17) is 5.11 Å². The van der Waals surface area contributed by atoms with Gasteiger partial charge in [0.05, 0.1) is 6.42 Å². The van der Waals surface area contributed by atoms with E-state index < -0.39 is 23.5 Å². The average Bonchev–Trinajstić information content (AvgIpc) is 2.41. The van der Waals surface area contributed by atoms with Gasteiger partial charge in [-0.3, -0.25) is 9.59 Å². The van der Waals surface area contributed by atoms with E-state index in [1.54, 1.807) is 0 Å². The van der Waals surface area contributed by atoms with Crippen molar-refractivity contribution in [2.45, 2.75) is 38.5 Å². The van der Waals surface area contributed by atoms with Gasteiger partial charge in [-0.1, -0.05) is 18.9 Å². The van der Waals surface area contributed by atoms with Crippen molar-refractivity contribution in [1.82, 2.24) is 5.32 Å². The zero-order chi connectivity index (χ0) is 15.7. The third-order valence-corrected chi connectivity index (χ3v) is 3.04. The summed E-state index contributed by atoms with van der Waals surface area (Å²) in [6.45, 7) is 0.419. The van der Waals surface area contributed by atoms with Crippen LogP contribution in [0.1, 0.15) is 37.7 Å². The molecule has 1 aromatic rings. The van der Waals surface area contributed by atoms with Crippen LogP contribution in [0.15, 0.2) is 18.2 Å². The standard InChI is InChI=1S/C15H19F2NO3/c16-12-6-5-7-13(17)11(12)10-14(19)18-9-4-2-1-3-8-15(20)21/h5-7H,1-4,8-10H2,(H,18,19)(H,20,21). The first-order valence-corrected chi connectivity index (χ1v) is 6.92. The van der Waals surface area contributed by atoms with Crippen LogP contribution < -0.4 is 5.32 Å². The largest absolute Gasteiger partial charge is 0.481 e. The summed E-state index contributed by atoms with van der Waals surface area (Å²) in [6, 6.07) is 3.49. The molecular weight excluding hydrogens is 280 g/mol. The number of aliphatic carboxylic acids is 1. The van der Waals surface area contributed by atoms with Gasteiger partial charge in [-0.15, -0.1) is 0 Å². The van der Waals surface area contributed by atoms with Gasteiger partial charge >= 0.3 is 5.97 Å². The summed E-state index contributed by atoms with van der Waals surface area (Å²) in [7, 11) is 0. The molecule has 0 aliphatic carbocycles. The number of hydrogen-bond acceptors (Lipinski definition) is 2. The number of benzene rings is 1. The van der Waals surface area contributed by atoms with Crippen LogP contribution >= 0.6 is 0 Å². The number of unbranched alkanes of at least 4 members (excludes halogenated alkanes) is 3. The highest BCUT2D eigenvalue weighted by atomic mass is 19.1. The number of carbonyl (C=O) groups excluding carboxylic acids is 1. The van der Waals surface area contributed by atoms with E-state index in [-0.39, 0.29) is 18.4 Å². The van der Waals surface area contributed by atoms with Crippen LogP contribution in [0.3, 0.4) is 0 Å². The maximum atomic E-state index is 13.3. The molecule has 1 rings (SSSR count). The Kier molecular flexibility index (Phi) is 7.36. The molecule has 0 heterocycles. The molecule has 21 heavy (non-hydrogen) atoms. The molecular formula is C15H19F2NO3. The molecule has 4 nitrogen and oxygen atoms in total. The first-order chi connectivity index (χ1) is 10.0. The van der Waals surface area contributed by atoms with Crippen molar-refractivity contribution in [2.24, 2.45) is 0 Å². The number of carbonyl (C=O) groups is 2. The van der Waals surface area contributed by atoms with Gasteiger partial charge in [-0.05, 0) is 25.0 Å². The Morgan fingerprint density at radius 3 is 2.29 bits per heavy atom. The highest BCUT2D eigenvalue weighted by molar-refractivity contribution is 5.78. The van der Waals surface area contributed by atoms with Crippen molar-refractivity contribution >= 4 is 11.9 Å². The summed E-state index contributed by atoms with van der Waals surface area (Å²) in [4.78, 5) is 21.9. The smallest absolute Gasteiger partial charge is 0.303 e. The molecule has 0 radical (unpaired) electrons. The second-order valence-corrected chi connectivity index (χ2v) is 4.78. The van der Waals surface area contributed by atoms with Gasteiger partial charge in [0.15, 0.2) is 0 Å². The van der Waals surface area contributed by atoms with E-state index in [2.05, 4.69) is 5.32 Å². The zero-order valence-electron chi connectivity index (χ0n) is 11.7. The van der Waals surface area contributed by atoms with Crippen molar-refractivity contribution in [2.75, 3.05) is 6.54 Å².